The second-order valence-electron chi connectivity index (χ2n) is 6.45. The molecule has 0 atom stereocenters. The maximum absolute atomic E-state index is 12.4. The van der Waals surface area contributed by atoms with Gasteiger partial charge < -0.3 is 4.74 Å². The van der Waals surface area contributed by atoms with Crippen LogP contribution in [-0.2, 0) is 10.0 Å². The van der Waals surface area contributed by atoms with Crippen molar-refractivity contribution in [3.63, 3.8) is 0 Å². The molecule has 0 spiro atoms. The van der Waals surface area contributed by atoms with Gasteiger partial charge in [-0.25, -0.2) is 9.63 Å². The minimum absolute atomic E-state index is 0.184. The van der Waals surface area contributed by atoms with E-state index in [1.54, 1.807) is 73.7 Å². The van der Waals surface area contributed by atoms with Gasteiger partial charge in [-0.3, -0.25) is 0 Å². The fourth-order valence-corrected chi connectivity index (χ4v) is 3.70. The standard InChI is InChI=1S/C22H20N2O4S/c1-16-8-13-21(17(2)14-16)29(26,27)24-23-15-18-9-11-20(12-10-18)28-22(25)19-6-4-3-5-7-19/h3-15,24H,1-2H3/b23-15+. The van der Waals surface area contributed by atoms with Crippen LogP contribution in [0.2, 0.25) is 0 Å². The Morgan fingerprint density at radius 3 is 2.31 bits per heavy atom. The van der Waals surface area contributed by atoms with E-state index in [1.807, 2.05) is 13.0 Å². The highest BCUT2D eigenvalue weighted by Gasteiger charge is 2.15. The van der Waals surface area contributed by atoms with Gasteiger partial charge in [-0.1, -0.05) is 35.9 Å². The van der Waals surface area contributed by atoms with E-state index in [-0.39, 0.29) is 4.90 Å². The van der Waals surface area contributed by atoms with Gasteiger partial charge in [-0.2, -0.15) is 13.5 Å². The van der Waals surface area contributed by atoms with Crippen LogP contribution in [-0.4, -0.2) is 20.6 Å². The van der Waals surface area contributed by atoms with Crippen LogP contribution in [0.3, 0.4) is 0 Å². The van der Waals surface area contributed by atoms with Gasteiger partial charge in [0.2, 0.25) is 0 Å². The van der Waals surface area contributed by atoms with Crippen molar-refractivity contribution in [3.05, 3.63) is 95.1 Å². The van der Waals surface area contributed by atoms with Crippen LogP contribution in [0.15, 0.2) is 82.8 Å². The molecule has 0 bridgehead atoms. The number of hydrogen-bond acceptors (Lipinski definition) is 5. The Kier molecular flexibility index (Phi) is 6.09. The van der Waals surface area contributed by atoms with Crippen molar-refractivity contribution in [3.8, 4) is 5.75 Å². The monoisotopic (exact) mass is 408 g/mol. The quantitative estimate of drug-likeness (QED) is 0.291. The summed E-state index contributed by atoms with van der Waals surface area (Å²) in [6.45, 7) is 3.64. The number of carbonyl (C=O) groups excluding carboxylic acids is 1. The number of esters is 1. The Balaban J connectivity index is 1.63. The SMILES string of the molecule is Cc1ccc(S(=O)(=O)N/N=C/c2ccc(OC(=O)c3ccccc3)cc2)c(C)c1. The average Bonchev–Trinajstić information content (AvgIpc) is 2.69. The summed E-state index contributed by atoms with van der Waals surface area (Å²) in [4.78, 5) is 14.4. The lowest BCUT2D eigenvalue weighted by atomic mass is 10.2. The summed E-state index contributed by atoms with van der Waals surface area (Å²) in [7, 11) is -3.75. The van der Waals surface area contributed by atoms with E-state index in [1.165, 1.54) is 6.21 Å². The van der Waals surface area contributed by atoms with E-state index in [0.29, 0.717) is 22.4 Å². The van der Waals surface area contributed by atoms with Crippen LogP contribution in [0.25, 0.3) is 0 Å². The van der Waals surface area contributed by atoms with Crippen LogP contribution in [0.5, 0.6) is 5.75 Å². The highest BCUT2D eigenvalue weighted by molar-refractivity contribution is 7.89. The fourth-order valence-electron chi connectivity index (χ4n) is 2.68. The highest BCUT2D eigenvalue weighted by Crippen LogP contribution is 2.16. The lowest BCUT2D eigenvalue weighted by Crippen LogP contribution is -2.19. The topological polar surface area (TPSA) is 84.8 Å². The molecule has 6 nitrogen and oxygen atoms in total. The summed E-state index contributed by atoms with van der Waals surface area (Å²) < 4.78 is 30.1. The minimum Gasteiger partial charge on any atom is -0.423 e. The van der Waals surface area contributed by atoms with Crippen molar-refractivity contribution in [1.82, 2.24) is 4.83 Å². The van der Waals surface area contributed by atoms with E-state index < -0.39 is 16.0 Å². The number of sulfonamides is 1. The maximum atomic E-state index is 12.4. The Labute approximate surface area is 169 Å². The molecule has 1 N–H and O–H groups in total. The third-order valence-corrected chi connectivity index (χ3v) is 5.49. The average molecular weight is 408 g/mol. The normalized spacial score (nSPS) is 11.4. The van der Waals surface area contributed by atoms with Gasteiger partial charge in [0.15, 0.2) is 0 Å². The molecule has 3 aromatic rings. The van der Waals surface area contributed by atoms with Gasteiger partial charge in [0.25, 0.3) is 10.0 Å². The lowest BCUT2D eigenvalue weighted by Gasteiger charge is -2.07. The van der Waals surface area contributed by atoms with Crippen LogP contribution in [0.1, 0.15) is 27.0 Å². The molecule has 0 aromatic heterocycles. The number of hydrogen-bond donors (Lipinski definition) is 1. The van der Waals surface area contributed by atoms with Gasteiger partial charge in [0.05, 0.1) is 16.7 Å². The van der Waals surface area contributed by atoms with Crippen LogP contribution in [0, 0.1) is 13.8 Å². The summed E-state index contributed by atoms with van der Waals surface area (Å²) >= 11 is 0. The molecule has 0 fully saturated rings. The molecule has 29 heavy (non-hydrogen) atoms. The molecule has 7 heteroatoms. The lowest BCUT2D eigenvalue weighted by molar-refractivity contribution is 0.0734. The Morgan fingerprint density at radius 2 is 1.66 bits per heavy atom. The Hall–Kier alpha value is -3.45. The molecule has 148 valence electrons. The molecule has 0 saturated carbocycles. The van der Waals surface area contributed by atoms with Gasteiger partial charge in [0, 0.05) is 0 Å². The van der Waals surface area contributed by atoms with E-state index in [0.717, 1.165) is 5.56 Å². The molecular formula is C22H20N2O4S. The predicted octanol–water partition coefficient (Wildman–Crippen LogP) is 3.84. The summed E-state index contributed by atoms with van der Waals surface area (Å²) in [5.74, 6) is -0.0693. The maximum Gasteiger partial charge on any atom is 0.343 e. The van der Waals surface area contributed by atoms with Crippen LogP contribution >= 0.6 is 0 Å². The van der Waals surface area contributed by atoms with Crippen molar-refractivity contribution >= 4 is 22.2 Å². The van der Waals surface area contributed by atoms with E-state index >= 15 is 0 Å². The first-order valence-corrected chi connectivity index (χ1v) is 10.3. The van der Waals surface area contributed by atoms with Gasteiger partial charge >= 0.3 is 5.97 Å². The van der Waals surface area contributed by atoms with Crippen molar-refractivity contribution in [2.24, 2.45) is 5.10 Å². The van der Waals surface area contributed by atoms with Crippen LogP contribution in [0.4, 0.5) is 0 Å². The highest BCUT2D eigenvalue weighted by atomic mass is 32.2. The predicted molar refractivity (Wildman–Crippen MR) is 112 cm³/mol. The van der Waals surface area contributed by atoms with Gasteiger partial charge in [-0.05, 0) is 67.4 Å². The molecular weight excluding hydrogens is 388 g/mol. The zero-order valence-corrected chi connectivity index (χ0v) is 16.8. The largest absolute Gasteiger partial charge is 0.423 e. The Bertz CT molecular complexity index is 1140. The molecule has 0 saturated heterocycles. The number of nitrogens with zero attached hydrogens (tertiary/aromatic N) is 1. The number of ether oxygens (including phenoxy) is 1. The molecule has 0 radical (unpaired) electrons. The van der Waals surface area contributed by atoms with Crippen LogP contribution < -0.4 is 9.57 Å². The molecule has 0 heterocycles. The molecule has 3 aromatic carbocycles. The molecule has 0 aliphatic rings. The number of aryl methyl sites for hydroxylation is 2. The van der Waals surface area contributed by atoms with Gasteiger partial charge in [0.1, 0.15) is 5.75 Å². The summed E-state index contributed by atoms with van der Waals surface area (Å²) in [5, 5.41) is 3.82. The van der Waals surface area contributed by atoms with E-state index in [2.05, 4.69) is 9.93 Å². The van der Waals surface area contributed by atoms with Crippen molar-refractivity contribution in [1.29, 1.82) is 0 Å². The first kappa shape index (κ1) is 20.3. The smallest absolute Gasteiger partial charge is 0.343 e. The minimum atomic E-state index is -3.75. The Morgan fingerprint density at radius 1 is 0.966 bits per heavy atom. The zero-order chi connectivity index (χ0) is 20.9. The number of hydrazone groups is 1. The van der Waals surface area contributed by atoms with Gasteiger partial charge in [-0.15, -0.1) is 0 Å². The van der Waals surface area contributed by atoms with Crippen molar-refractivity contribution < 1.29 is 17.9 Å². The third kappa shape index (κ3) is 5.30. The molecule has 3 rings (SSSR count). The molecule has 0 aliphatic heterocycles. The first-order valence-electron chi connectivity index (χ1n) is 8.84. The van der Waals surface area contributed by atoms with Crippen molar-refractivity contribution in [2.75, 3.05) is 0 Å². The summed E-state index contributed by atoms with van der Waals surface area (Å²) in [6.07, 6.45) is 1.38. The number of benzene rings is 3. The summed E-state index contributed by atoms with van der Waals surface area (Å²) in [5.41, 5.74) is 2.74. The van der Waals surface area contributed by atoms with E-state index in [4.69, 9.17) is 4.74 Å². The second kappa shape index (κ2) is 8.70. The second-order valence-corrected chi connectivity index (χ2v) is 8.08. The first-order chi connectivity index (χ1) is 13.8. The fraction of sp³-hybridized carbons (Fsp3) is 0.0909. The number of carbonyl (C=O) groups is 1. The van der Waals surface area contributed by atoms with Crippen molar-refractivity contribution in [2.45, 2.75) is 18.7 Å². The molecule has 0 amide bonds. The molecule has 0 aliphatic carbocycles. The number of rotatable bonds is 6. The summed E-state index contributed by atoms with van der Waals surface area (Å²) in [6, 6.07) is 20.3. The number of nitrogens with one attached hydrogen (secondary N) is 1. The third-order valence-electron chi connectivity index (χ3n) is 4.11. The molecule has 0 unspecified atom stereocenters. The zero-order valence-electron chi connectivity index (χ0n) is 16.0. The van der Waals surface area contributed by atoms with E-state index in [9.17, 15) is 13.2 Å².